The van der Waals surface area contributed by atoms with Crippen molar-refractivity contribution in [1.82, 2.24) is 0 Å². The lowest BCUT2D eigenvalue weighted by atomic mass is 9.96. The van der Waals surface area contributed by atoms with Crippen molar-refractivity contribution in [2.45, 2.75) is 93.5 Å². The highest BCUT2D eigenvalue weighted by atomic mass is 16.7. The SMILES string of the molecule is C=CCCCCCCOC1OC(C=O)C(OC2OC(CO)C(N=O)C(O)C2O)C(O)C1O. The third-order valence-corrected chi connectivity index (χ3v) is 5.56. The van der Waals surface area contributed by atoms with Gasteiger partial charge in [0, 0.05) is 6.61 Å². The summed E-state index contributed by atoms with van der Waals surface area (Å²) in [7, 11) is 0. The second-order valence-corrected chi connectivity index (χ2v) is 7.85. The van der Waals surface area contributed by atoms with E-state index >= 15 is 0 Å². The molecule has 0 saturated carbocycles. The number of hydrogen-bond donors (Lipinski definition) is 5. The van der Waals surface area contributed by atoms with Gasteiger partial charge in [-0.1, -0.05) is 24.1 Å². The third kappa shape index (κ3) is 6.59. The maximum absolute atomic E-state index is 11.5. The Hall–Kier alpha value is -1.35. The molecule has 2 heterocycles. The van der Waals surface area contributed by atoms with E-state index in [2.05, 4.69) is 11.8 Å². The minimum absolute atomic E-state index is 0.245. The molecule has 10 unspecified atom stereocenters. The topological polar surface area (TPSA) is 185 Å². The smallest absolute Gasteiger partial charge is 0.187 e. The fourth-order valence-electron chi connectivity index (χ4n) is 3.68. The van der Waals surface area contributed by atoms with Gasteiger partial charge in [0.25, 0.3) is 0 Å². The van der Waals surface area contributed by atoms with Crippen molar-refractivity contribution in [1.29, 1.82) is 0 Å². The predicted molar refractivity (Wildman–Crippen MR) is 108 cm³/mol. The number of ether oxygens (including phenoxy) is 4. The minimum atomic E-state index is -1.77. The number of hydrogen-bond acceptors (Lipinski definition) is 12. The molecule has 0 aromatic rings. The second kappa shape index (κ2) is 13.4. The van der Waals surface area contributed by atoms with Crippen molar-refractivity contribution in [3.8, 4) is 0 Å². The van der Waals surface area contributed by atoms with Gasteiger partial charge in [-0.25, -0.2) is 0 Å². The zero-order chi connectivity index (χ0) is 23.7. The van der Waals surface area contributed by atoms with Gasteiger partial charge in [0.2, 0.25) is 0 Å². The quantitative estimate of drug-likeness (QED) is 0.0950. The molecular formula is C20H33NO11. The van der Waals surface area contributed by atoms with Crippen LogP contribution in [0.25, 0.3) is 0 Å². The molecule has 5 N–H and O–H groups in total. The van der Waals surface area contributed by atoms with Crippen molar-refractivity contribution in [2.24, 2.45) is 5.18 Å². The molecule has 2 aliphatic heterocycles. The van der Waals surface area contributed by atoms with Crippen LogP contribution in [0.5, 0.6) is 0 Å². The number of carbonyl (C=O) groups excluding carboxylic acids is 1. The van der Waals surface area contributed by atoms with E-state index in [0.29, 0.717) is 12.7 Å². The van der Waals surface area contributed by atoms with Gasteiger partial charge in [0.15, 0.2) is 18.9 Å². The number of aliphatic hydroxyl groups is 5. The van der Waals surface area contributed by atoms with Crippen molar-refractivity contribution >= 4 is 6.29 Å². The summed E-state index contributed by atoms with van der Waals surface area (Å²) in [6, 6.07) is -1.44. The molecule has 0 bridgehead atoms. The molecule has 0 aromatic heterocycles. The zero-order valence-corrected chi connectivity index (χ0v) is 17.7. The first kappa shape index (κ1) is 26.9. The maximum atomic E-state index is 11.5. The van der Waals surface area contributed by atoms with Crippen LogP contribution < -0.4 is 0 Å². The predicted octanol–water partition coefficient (Wildman–Crippen LogP) is -1.26. The summed E-state index contributed by atoms with van der Waals surface area (Å²) in [5.74, 6) is 0. The van der Waals surface area contributed by atoms with Crippen molar-refractivity contribution in [3.63, 3.8) is 0 Å². The van der Waals surface area contributed by atoms with Gasteiger partial charge in [0.1, 0.15) is 48.8 Å². The lowest BCUT2D eigenvalue weighted by Crippen LogP contribution is -2.64. The average molecular weight is 463 g/mol. The van der Waals surface area contributed by atoms with Gasteiger partial charge in [-0.15, -0.1) is 6.58 Å². The van der Waals surface area contributed by atoms with Crippen LogP contribution in [0.4, 0.5) is 0 Å². The molecule has 12 nitrogen and oxygen atoms in total. The van der Waals surface area contributed by atoms with Crippen LogP contribution in [0.3, 0.4) is 0 Å². The lowest BCUT2D eigenvalue weighted by Gasteiger charge is -2.44. The molecule has 2 fully saturated rings. The molecule has 0 amide bonds. The van der Waals surface area contributed by atoms with Crippen LogP contribution in [0, 0.1) is 4.91 Å². The molecule has 0 aromatic carbocycles. The molecule has 0 aliphatic carbocycles. The van der Waals surface area contributed by atoms with E-state index in [1.807, 2.05) is 6.08 Å². The summed E-state index contributed by atoms with van der Waals surface area (Å²) in [5, 5.41) is 53.1. The summed E-state index contributed by atoms with van der Waals surface area (Å²) in [5.41, 5.74) is 0. The average Bonchev–Trinajstić information content (AvgIpc) is 2.80. The monoisotopic (exact) mass is 463 g/mol. The highest BCUT2D eigenvalue weighted by molar-refractivity contribution is 5.57. The molecule has 32 heavy (non-hydrogen) atoms. The van der Waals surface area contributed by atoms with Crippen molar-refractivity contribution in [3.05, 3.63) is 17.6 Å². The first-order chi connectivity index (χ1) is 15.4. The zero-order valence-electron chi connectivity index (χ0n) is 17.7. The Kier molecular flexibility index (Phi) is 11.2. The number of allylic oxidation sites excluding steroid dienone is 1. The van der Waals surface area contributed by atoms with Gasteiger partial charge >= 0.3 is 0 Å². The van der Waals surface area contributed by atoms with Gasteiger partial charge < -0.3 is 49.3 Å². The van der Waals surface area contributed by atoms with Crippen molar-refractivity contribution < 1.29 is 49.3 Å². The van der Waals surface area contributed by atoms with Gasteiger partial charge in [-0.2, -0.15) is 4.91 Å². The van der Waals surface area contributed by atoms with Gasteiger partial charge in [-0.3, -0.25) is 0 Å². The third-order valence-electron chi connectivity index (χ3n) is 5.56. The Balaban J connectivity index is 1.94. The largest absolute Gasteiger partial charge is 0.394 e. The summed E-state index contributed by atoms with van der Waals surface area (Å²) >= 11 is 0. The lowest BCUT2D eigenvalue weighted by molar-refractivity contribution is -0.342. The second-order valence-electron chi connectivity index (χ2n) is 7.85. The Morgan fingerprint density at radius 1 is 0.938 bits per heavy atom. The molecule has 184 valence electrons. The van der Waals surface area contributed by atoms with E-state index in [0.717, 1.165) is 25.7 Å². The fourth-order valence-corrected chi connectivity index (χ4v) is 3.68. The molecule has 2 aliphatic rings. The van der Waals surface area contributed by atoms with Crippen molar-refractivity contribution in [2.75, 3.05) is 13.2 Å². The highest BCUT2D eigenvalue weighted by Crippen LogP contribution is 2.30. The summed E-state index contributed by atoms with van der Waals surface area (Å²) in [6.45, 7) is 3.20. The summed E-state index contributed by atoms with van der Waals surface area (Å²) < 4.78 is 21.6. The molecule has 10 atom stereocenters. The fraction of sp³-hybridized carbons (Fsp3) is 0.850. The number of rotatable bonds is 13. The minimum Gasteiger partial charge on any atom is -0.394 e. The highest BCUT2D eigenvalue weighted by Gasteiger charge is 2.51. The van der Waals surface area contributed by atoms with E-state index in [1.54, 1.807) is 0 Å². The van der Waals surface area contributed by atoms with Crippen LogP contribution in [0.15, 0.2) is 17.8 Å². The first-order valence-corrected chi connectivity index (χ1v) is 10.7. The van der Waals surface area contributed by atoms with Gasteiger partial charge in [0.05, 0.1) is 6.61 Å². The summed E-state index contributed by atoms with van der Waals surface area (Å²) in [4.78, 5) is 22.4. The van der Waals surface area contributed by atoms with E-state index in [4.69, 9.17) is 18.9 Å². The number of aldehydes is 1. The Labute approximate surface area is 185 Å². The molecule has 12 heteroatoms. The molecule has 2 saturated heterocycles. The standard InChI is InChI=1S/C20H33NO11/c1-2-3-4-5-6-7-8-29-19-17(27)15(25)18(12(10-23)31-19)32-20-16(26)14(24)13(21-28)11(9-22)30-20/h2,10-20,22,24-27H,1,3-9H2. The Morgan fingerprint density at radius 2 is 1.62 bits per heavy atom. The normalized spacial score (nSPS) is 40.0. The number of carbonyl (C=O) groups is 1. The van der Waals surface area contributed by atoms with Gasteiger partial charge in [-0.05, 0) is 19.3 Å². The van der Waals surface area contributed by atoms with E-state index in [9.17, 15) is 35.2 Å². The number of nitrogens with zero attached hydrogens (tertiary/aromatic N) is 1. The van der Waals surface area contributed by atoms with E-state index in [-0.39, 0.29) is 6.61 Å². The van der Waals surface area contributed by atoms with E-state index < -0.39 is 68.0 Å². The van der Waals surface area contributed by atoms with Crippen LogP contribution >= 0.6 is 0 Å². The van der Waals surface area contributed by atoms with Crippen LogP contribution in [-0.4, -0.2) is 106 Å². The first-order valence-electron chi connectivity index (χ1n) is 10.7. The maximum Gasteiger partial charge on any atom is 0.187 e. The molecular weight excluding hydrogens is 430 g/mol. The molecule has 0 radical (unpaired) electrons. The Bertz CT molecular complexity index is 592. The number of aliphatic hydroxyl groups excluding tert-OH is 5. The van der Waals surface area contributed by atoms with Crippen LogP contribution in [0.1, 0.15) is 32.1 Å². The Morgan fingerprint density at radius 3 is 2.25 bits per heavy atom. The summed E-state index contributed by atoms with van der Waals surface area (Å²) in [6.07, 6.45) is -7.04. The number of unbranched alkanes of at least 4 members (excludes halogenated alkanes) is 4. The molecule has 2 rings (SSSR count). The van der Waals surface area contributed by atoms with Crippen LogP contribution in [-0.2, 0) is 23.7 Å². The van der Waals surface area contributed by atoms with Crippen LogP contribution in [0.2, 0.25) is 0 Å². The molecule has 0 spiro atoms. The van der Waals surface area contributed by atoms with E-state index in [1.165, 1.54) is 0 Å². The number of nitroso groups, excluding NO2 is 1.